The molecule has 18 heavy (non-hydrogen) atoms. The number of rotatable bonds is 2. The summed E-state index contributed by atoms with van der Waals surface area (Å²) in [5.74, 6) is -0.849. The molecule has 1 N–H and O–H groups in total. The predicted molar refractivity (Wildman–Crippen MR) is 65.5 cm³/mol. The average molecular weight is 246 g/mol. The number of hydrogen-bond donors (Lipinski definition) is 1. The van der Waals surface area contributed by atoms with Gasteiger partial charge >= 0.3 is 5.97 Å². The van der Waals surface area contributed by atoms with Crippen LogP contribution in [0.5, 0.6) is 0 Å². The zero-order chi connectivity index (χ0) is 13.4. The van der Waals surface area contributed by atoms with Crippen molar-refractivity contribution in [3.63, 3.8) is 0 Å². The van der Waals surface area contributed by atoms with Gasteiger partial charge in [0.2, 0.25) is 0 Å². The highest BCUT2D eigenvalue weighted by Gasteiger charge is 2.52. The molecule has 94 valence electrons. The lowest BCUT2D eigenvalue weighted by Crippen LogP contribution is -2.45. The highest BCUT2D eigenvalue weighted by atomic mass is 16.4. The molecule has 6 heteroatoms. The molecule has 1 aliphatic rings. The summed E-state index contributed by atoms with van der Waals surface area (Å²) in [6.07, 6.45) is 1.60. The lowest BCUT2D eigenvalue weighted by atomic mass is 9.81. The highest BCUT2D eigenvalue weighted by molar-refractivity contribution is 6.01. The largest absolute Gasteiger partial charge is 0.478 e. The molecule has 0 radical (unpaired) electrons. The van der Waals surface area contributed by atoms with Crippen molar-refractivity contribution in [2.75, 3.05) is 0 Å². The van der Waals surface area contributed by atoms with Crippen molar-refractivity contribution < 1.29 is 9.90 Å². The number of carbonyl (C=O) groups is 1. The van der Waals surface area contributed by atoms with Crippen LogP contribution in [-0.4, -0.2) is 27.6 Å². The number of azo groups is 1. The maximum atomic E-state index is 11.5. The molecule has 1 atom stereocenters. The number of aliphatic imine (C=N–C) groups is 1. The monoisotopic (exact) mass is 246 g/mol. The van der Waals surface area contributed by atoms with Crippen molar-refractivity contribution in [2.24, 2.45) is 20.6 Å². The van der Waals surface area contributed by atoms with Crippen molar-refractivity contribution in [3.05, 3.63) is 30.1 Å². The lowest BCUT2D eigenvalue weighted by Gasteiger charge is -2.30. The van der Waals surface area contributed by atoms with Crippen molar-refractivity contribution in [3.8, 4) is 0 Å². The van der Waals surface area contributed by atoms with Crippen LogP contribution in [0.1, 0.15) is 26.5 Å². The van der Waals surface area contributed by atoms with Crippen molar-refractivity contribution in [1.82, 2.24) is 4.98 Å². The molecule has 1 aromatic rings. The topological polar surface area (TPSA) is 87.3 Å². The maximum absolute atomic E-state index is 11.5. The Balaban J connectivity index is 2.49. The first-order valence-corrected chi connectivity index (χ1v) is 5.54. The van der Waals surface area contributed by atoms with E-state index in [1.54, 1.807) is 45.2 Å². The summed E-state index contributed by atoms with van der Waals surface area (Å²) >= 11 is 0. The number of carboxylic acids is 1. The van der Waals surface area contributed by atoms with Crippen LogP contribution in [-0.2, 0) is 4.79 Å². The van der Waals surface area contributed by atoms with Gasteiger partial charge in [0.25, 0.3) is 5.66 Å². The fraction of sp³-hybridized carbons (Fsp3) is 0.417. The molecule has 0 saturated heterocycles. The molecule has 0 bridgehead atoms. The lowest BCUT2D eigenvalue weighted by molar-refractivity contribution is -0.147. The number of nitrogens with zero attached hydrogens (tertiary/aromatic N) is 4. The molecule has 0 aliphatic carbocycles. The van der Waals surface area contributed by atoms with E-state index in [4.69, 9.17) is 0 Å². The number of aliphatic carboxylic acids is 1. The molecule has 1 aromatic heterocycles. The Bertz CT molecular complexity index is 531. The third-order valence-corrected chi connectivity index (χ3v) is 2.80. The Morgan fingerprint density at radius 2 is 2.06 bits per heavy atom. The van der Waals surface area contributed by atoms with E-state index < -0.39 is 17.0 Å². The number of hydrogen-bond acceptors (Lipinski definition) is 5. The fourth-order valence-electron chi connectivity index (χ4n) is 1.65. The van der Waals surface area contributed by atoms with Gasteiger partial charge in [-0.25, -0.2) is 9.79 Å². The third-order valence-electron chi connectivity index (χ3n) is 2.80. The van der Waals surface area contributed by atoms with Crippen molar-refractivity contribution in [2.45, 2.75) is 26.4 Å². The molecule has 2 rings (SSSR count). The molecule has 1 unspecified atom stereocenters. The highest BCUT2D eigenvalue weighted by Crippen LogP contribution is 2.39. The predicted octanol–water partition coefficient (Wildman–Crippen LogP) is 2.12. The van der Waals surface area contributed by atoms with E-state index in [1.165, 1.54) is 0 Å². The van der Waals surface area contributed by atoms with Crippen LogP contribution in [0.2, 0.25) is 0 Å². The van der Waals surface area contributed by atoms with Gasteiger partial charge in [0.1, 0.15) is 5.69 Å². The standard InChI is InChI=1S/C12H14N4O2/c1-11(2,3)12(10(17)18)14-9(15-16-12)8-6-4-5-7-13-8/h4-7H,1-3H3,(H,17,18). The molecule has 2 heterocycles. The van der Waals surface area contributed by atoms with Gasteiger partial charge < -0.3 is 5.11 Å². The van der Waals surface area contributed by atoms with Crippen molar-refractivity contribution in [1.29, 1.82) is 0 Å². The summed E-state index contributed by atoms with van der Waals surface area (Å²) in [6.45, 7) is 5.31. The van der Waals surface area contributed by atoms with E-state index in [9.17, 15) is 9.90 Å². The van der Waals surface area contributed by atoms with Gasteiger partial charge in [0, 0.05) is 11.6 Å². The van der Waals surface area contributed by atoms with Crippen molar-refractivity contribution >= 4 is 11.8 Å². The molecular weight excluding hydrogens is 232 g/mol. The SMILES string of the molecule is CC(C)(C)C1(C(=O)O)N=NC(c2ccccn2)=N1. The Kier molecular flexibility index (Phi) is 2.73. The molecule has 0 spiro atoms. The Hall–Kier alpha value is -2.11. The van der Waals surface area contributed by atoms with Crippen LogP contribution in [0, 0.1) is 5.41 Å². The molecular formula is C12H14N4O2. The van der Waals surface area contributed by atoms with Gasteiger partial charge in [-0.3, -0.25) is 4.98 Å². The first-order chi connectivity index (χ1) is 8.37. The molecule has 0 saturated carbocycles. The minimum absolute atomic E-state index is 0.257. The third kappa shape index (κ3) is 1.79. The van der Waals surface area contributed by atoms with Crippen LogP contribution in [0.4, 0.5) is 0 Å². The van der Waals surface area contributed by atoms with E-state index in [0.717, 1.165) is 0 Å². The summed E-state index contributed by atoms with van der Waals surface area (Å²) in [6, 6.07) is 5.28. The van der Waals surface area contributed by atoms with Crippen LogP contribution in [0.3, 0.4) is 0 Å². The fourth-order valence-corrected chi connectivity index (χ4v) is 1.65. The van der Waals surface area contributed by atoms with E-state index in [0.29, 0.717) is 5.69 Å². The van der Waals surface area contributed by atoms with Crippen LogP contribution in [0.25, 0.3) is 0 Å². The number of amidine groups is 1. The van der Waals surface area contributed by atoms with Crippen LogP contribution < -0.4 is 0 Å². The smallest absolute Gasteiger partial charge is 0.356 e. The maximum Gasteiger partial charge on any atom is 0.356 e. The van der Waals surface area contributed by atoms with Gasteiger partial charge in [-0.2, -0.15) is 0 Å². The summed E-state index contributed by atoms with van der Waals surface area (Å²) in [5, 5.41) is 17.1. The number of aromatic nitrogens is 1. The van der Waals surface area contributed by atoms with Gasteiger partial charge in [-0.05, 0) is 12.1 Å². The van der Waals surface area contributed by atoms with E-state index >= 15 is 0 Å². The molecule has 0 fully saturated rings. The zero-order valence-corrected chi connectivity index (χ0v) is 10.5. The van der Waals surface area contributed by atoms with Gasteiger partial charge in [0.05, 0.1) is 0 Å². The number of carboxylic acid groups (broad SMARTS) is 1. The Labute approximate surface area is 104 Å². The first kappa shape index (κ1) is 12.3. The molecule has 0 aromatic carbocycles. The summed E-state index contributed by atoms with van der Waals surface area (Å²) in [4.78, 5) is 19.7. The minimum atomic E-state index is -1.57. The minimum Gasteiger partial charge on any atom is -0.478 e. The molecule has 1 aliphatic heterocycles. The summed E-state index contributed by atoms with van der Waals surface area (Å²) in [5.41, 5.74) is -1.72. The summed E-state index contributed by atoms with van der Waals surface area (Å²) < 4.78 is 0. The van der Waals surface area contributed by atoms with Gasteiger partial charge in [-0.15, -0.1) is 10.2 Å². The van der Waals surface area contributed by atoms with E-state index in [2.05, 4.69) is 20.2 Å². The Morgan fingerprint density at radius 1 is 1.33 bits per heavy atom. The van der Waals surface area contributed by atoms with Gasteiger partial charge in [0.15, 0.2) is 5.84 Å². The Morgan fingerprint density at radius 3 is 2.50 bits per heavy atom. The zero-order valence-electron chi connectivity index (χ0n) is 10.5. The quantitative estimate of drug-likeness (QED) is 0.866. The molecule has 0 amide bonds. The second-order valence-electron chi connectivity index (χ2n) is 5.08. The normalized spacial score (nSPS) is 22.9. The average Bonchev–Trinajstić information content (AvgIpc) is 2.75. The van der Waals surface area contributed by atoms with Crippen LogP contribution in [0.15, 0.2) is 39.6 Å². The van der Waals surface area contributed by atoms with Gasteiger partial charge in [-0.1, -0.05) is 26.8 Å². The van der Waals surface area contributed by atoms with Crippen LogP contribution >= 0.6 is 0 Å². The molecule has 6 nitrogen and oxygen atoms in total. The van der Waals surface area contributed by atoms with E-state index in [-0.39, 0.29) is 5.84 Å². The second-order valence-corrected chi connectivity index (χ2v) is 5.08. The summed E-state index contributed by atoms with van der Waals surface area (Å²) in [7, 11) is 0. The number of pyridine rings is 1. The second kappa shape index (κ2) is 3.97. The first-order valence-electron chi connectivity index (χ1n) is 5.54. The van der Waals surface area contributed by atoms with E-state index in [1.807, 2.05) is 0 Å².